The summed E-state index contributed by atoms with van der Waals surface area (Å²) < 4.78 is 13.4. The van der Waals surface area contributed by atoms with E-state index < -0.39 is 0 Å². The summed E-state index contributed by atoms with van der Waals surface area (Å²) in [7, 11) is 8.08. The zero-order chi connectivity index (χ0) is 17.1. The molecule has 2 heterocycles. The van der Waals surface area contributed by atoms with E-state index >= 15 is 0 Å². The van der Waals surface area contributed by atoms with Crippen molar-refractivity contribution in [3.8, 4) is 5.75 Å². The first-order valence-electron chi connectivity index (χ1n) is 8.63. The molecule has 0 spiro atoms. The number of hydrogen-bond acceptors (Lipinski definition) is 4. The molecule has 0 aliphatic carbocycles. The third-order valence-electron chi connectivity index (χ3n) is 4.72. The zero-order valence-electron chi connectivity index (χ0n) is 15.3. The quantitative estimate of drug-likeness (QED) is 0.840. The smallest absolute Gasteiger partial charge is 0.120 e. The first-order chi connectivity index (χ1) is 11.6. The third kappa shape index (κ3) is 3.91. The van der Waals surface area contributed by atoms with Crippen LogP contribution in [0.15, 0.2) is 24.4 Å². The van der Waals surface area contributed by atoms with Gasteiger partial charge in [-0.05, 0) is 31.8 Å². The van der Waals surface area contributed by atoms with Crippen LogP contribution in [0.1, 0.15) is 5.56 Å². The van der Waals surface area contributed by atoms with E-state index in [1.807, 2.05) is 6.07 Å². The molecule has 5 heteroatoms. The topological polar surface area (TPSA) is 29.9 Å². The van der Waals surface area contributed by atoms with Crippen LogP contribution in [0, 0.1) is 5.92 Å². The van der Waals surface area contributed by atoms with E-state index in [-0.39, 0.29) is 0 Å². The largest absolute Gasteiger partial charge is 0.497 e. The monoisotopic (exact) mass is 331 g/mol. The van der Waals surface area contributed by atoms with Crippen LogP contribution in [0.25, 0.3) is 10.9 Å². The molecule has 0 unspecified atom stereocenters. The molecule has 1 fully saturated rings. The molecular formula is C19H29N3O2. The molecular weight excluding hydrogens is 302 g/mol. The molecule has 0 bridgehead atoms. The maximum atomic E-state index is 5.81. The normalized spacial score (nSPS) is 19.8. The Bertz CT molecular complexity index is 681. The van der Waals surface area contributed by atoms with E-state index in [2.05, 4.69) is 53.8 Å². The van der Waals surface area contributed by atoms with Crippen molar-refractivity contribution >= 4 is 10.9 Å². The lowest BCUT2D eigenvalue weighted by molar-refractivity contribution is 0.112. The number of methoxy groups -OCH3 is 1. The Kier molecular flexibility index (Phi) is 5.43. The fourth-order valence-electron chi connectivity index (χ4n) is 3.66. The average molecular weight is 331 g/mol. The van der Waals surface area contributed by atoms with Gasteiger partial charge in [0.15, 0.2) is 0 Å². The van der Waals surface area contributed by atoms with Gasteiger partial charge in [-0.3, -0.25) is 4.90 Å². The van der Waals surface area contributed by atoms with Crippen molar-refractivity contribution in [2.24, 2.45) is 13.0 Å². The highest BCUT2D eigenvalue weighted by Crippen LogP contribution is 2.26. The van der Waals surface area contributed by atoms with E-state index in [1.165, 1.54) is 16.5 Å². The van der Waals surface area contributed by atoms with Crippen LogP contribution in [-0.2, 0) is 18.3 Å². The van der Waals surface area contributed by atoms with Gasteiger partial charge in [-0.1, -0.05) is 0 Å². The number of hydrogen-bond donors (Lipinski definition) is 0. The molecule has 5 nitrogen and oxygen atoms in total. The van der Waals surface area contributed by atoms with Gasteiger partial charge in [0.25, 0.3) is 0 Å². The van der Waals surface area contributed by atoms with Gasteiger partial charge in [-0.15, -0.1) is 0 Å². The van der Waals surface area contributed by atoms with Crippen LogP contribution in [0.4, 0.5) is 0 Å². The molecule has 1 aliphatic rings. The standard InChI is InChI=1S/C19H29N3O2/c1-20(2)10-15-11-22(7-8-24-14-15)13-16-12-21(3)19-9-17(23-4)5-6-18(16)19/h5-6,9,12,15H,7-8,10-11,13-14H2,1-4H3/t15-/m0/s1. The van der Waals surface area contributed by atoms with Gasteiger partial charge in [0.1, 0.15) is 5.75 Å². The van der Waals surface area contributed by atoms with Gasteiger partial charge < -0.3 is 18.9 Å². The lowest BCUT2D eigenvalue weighted by Gasteiger charge is -2.25. The van der Waals surface area contributed by atoms with Gasteiger partial charge >= 0.3 is 0 Å². The summed E-state index contributed by atoms with van der Waals surface area (Å²) in [5.41, 5.74) is 2.60. The molecule has 1 aliphatic heterocycles. The van der Waals surface area contributed by atoms with Gasteiger partial charge in [-0.2, -0.15) is 0 Å². The molecule has 1 aromatic heterocycles. The van der Waals surface area contributed by atoms with Crippen molar-refractivity contribution in [1.82, 2.24) is 14.4 Å². The van der Waals surface area contributed by atoms with Crippen molar-refractivity contribution < 1.29 is 9.47 Å². The number of aryl methyl sites for hydroxylation is 1. The Morgan fingerprint density at radius 1 is 1.33 bits per heavy atom. The minimum absolute atomic E-state index is 0.567. The Morgan fingerprint density at radius 3 is 2.92 bits per heavy atom. The number of aromatic nitrogens is 1. The van der Waals surface area contributed by atoms with Crippen LogP contribution < -0.4 is 4.74 Å². The van der Waals surface area contributed by atoms with E-state index in [9.17, 15) is 0 Å². The third-order valence-corrected chi connectivity index (χ3v) is 4.72. The Morgan fingerprint density at radius 2 is 2.17 bits per heavy atom. The summed E-state index contributed by atoms with van der Waals surface area (Å²) >= 11 is 0. The maximum Gasteiger partial charge on any atom is 0.120 e. The van der Waals surface area contributed by atoms with Crippen LogP contribution in [0.3, 0.4) is 0 Å². The fraction of sp³-hybridized carbons (Fsp3) is 0.579. The van der Waals surface area contributed by atoms with E-state index in [4.69, 9.17) is 9.47 Å². The Balaban J connectivity index is 1.78. The number of benzene rings is 1. The highest BCUT2D eigenvalue weighted by Gasteiger charge is 2.20. The van der Waals surface area contributed by atoms with E-state index in [1.54, 1.807) is 7.11 Å². The molecule has 0 radical (unpaired) electrons. The average Bonchev–Trinajstić information content (AvgIpc) is 2.71. The SMILES string of the molecule is COc1ccc2c(CN3CCOC[C@@H](CN(C)C)C3)cn(C)c2c1. The van der Waals surface area contributed by atoms with Crippen LogP contribution in [0.5, 0.6) is 5.75 Å². The van der Waals surface area contributed by atoms with Crippen molar-refractivity contribution in [2.45, 2.75) is 6.54 Å². The molecule has 1 atom stereocenters. The summed E-state index contributed by atoms with van der Waals surface area (Å²) in [6, 6.07) is 6.33. The van der Waals surface area contributed by atoms with Crippen molar-refractivity contribution in [3.63, 3.8) is 0 Å². The number of rotatable bonds is 5. The van der Waals surface area contributed by atoms with Gasteiger partial charge in [0.05, 0.1) is 25.8 Å². The highest BCUT2D eigenvalue weighted by atomic mass is 16.5. The molecule has 0 amide bonds. The van der Waals surface area contributed by atoms with Crippen molar-refractivity contribution in [3.05, 3.63) is 30.0 Å². The zero-order valence-corrected chi connectivity index (χ0v) is 15.3. The predicted octanol–water partition coefficient (Wildman–Crippen LogP) is 2.20. The molecule has 0 saturated carbocycles. The second kappa shape index (κ2) is 7.55. The first-order valence-corrected chi connectivity index (χ1v) is 8.63. The molecule has 3 rings (SSSR count). The second-order valence-electron chi connectivity index (χ2n) is 7.09. The van der Waals surface area contributed by atoms with Crippen molar-refractivity contribution in [1.29, 1.82) is 0 Å². The van der Waals surface area contributed by atoms with Crippen LogP contribution in [-0.4, -0.2) is 68.4 Å². The number of ether oxygens (including phenoxy) is 2. The molecule has 2 aromatic rings. The number of fused-ring (bicyclic) bond motifs is 1. The first kappa shape index (κ1) is 17.3. The van der Waals surface area contributed by atoms with Crippen molar-refractivity contribution in [2.75, 3.05) is 54.1 Å². The summed E-state index contributed by atoms with van der Waals surface area (Å²) in [4.78, 5) is 4.78. The van der Waals surface area contributed by atoms with E-state index in [0.717, 1.165) is 45.1 Å². The highest BCUT2D eigenvalue weighted by molar-refractivity contribution is 5.85. The second-order valence-corrected chi connectivity index (χ2v) is 7.09. The van der Waals surface area contributed by atoms with Crippen LogP contribution in [0.2, 0.25) is 0 Å². The Labute approximate surface area is 144 Å². The predicted molar refractivity (Wildman–Crippen MR) is 97.6 cm³/mol. The van der Waals surface area contributed by atoms with Crippen LogP contribution >= 0.6 is 0 Å². The lowest BCUT2D eigenvalue weighted by Crippen LogP contribution is -2.34. The summed E-state index contributed by atoms with van der Waals surface area (Å²) in [5, 5.41) is 1.31. The van der Waals surface area contributed by atoms with Gasteiger partial charge in [0.2, 0.25) is 0 Å². The Hall–Kier alpha value is -1.56. The maximum absolute atomic E-state index is 5.81. The number of nitrogens with zero attached hydrogens (tertiary/aromatic N) is 3. The minimum atomic E-state index is 0.567. The van der Waals surface area contributed by atoms with E-state index in [0.29, 0.717) is 5.92 Å². The lowest BCUT2D eigenvalue weighted by atomic mass is 10.1. The molecule has 132 valence electrons. The fourth-order valence-corrected chi connectivity index (χ4v) is 3.66. The molecule has 1 aromatic carbocycles. The summed E-state index contributed by atoms with van der Waals surface area (Å²) in [5.74, 6) is 1.47. The van der Waals surface area contributed by atoms with Gasteiger partial charge in [-0.25, -0.2) is 0 Å². The summed E-state index contributed by atoms with van der Waals surface area (Å²) in [6.45, 7) is 5.81. The van der Waals surface area contributed by atoms with Gasteiger partial charge in [0, 0.05) is 56.8 Å². The molecule has 24 heavy (non-hydrogen) atoms. The minimum Gasteiger partial charge on any atom is -0.497 e. The summed E-state index contributed by atoms with van der Waals surface area (Å²) in [6.07, 6.45) is 2.25. The molecule has 1 saturated heterocycles. The molecule has 0 N–H and O–H groups in total.